The first kappa shape index (κ1) is 18.3. The Balaban J connectivity index is 2.14. The van der Waals surface area contributed by atoms with Crippen LogP contribution in [0.5, 0.6) is 0 Å². The average Bonchev–Trinajstić information content (AvgIpc) is 2.83. The van der Waals surface area contributed by atoms with Crippen LogP contribution in [0.1, 0.15) is 38.3 Å². The summed E-state index contributed by atoms with van der Waals surface area (Å²) in [5.74, 6) is -0.314. The summed E-state index contributed by atoms with van der Waals surface area (Å²) >= 11 is 0. The van der Waals surface area contributed by atoms with E-state index in [1.807, 2.05) is 32.0 Å². The molecular formula is C18H26N2O4. The predicted molar refractivity (Wildman–Crippen MR) is 91.9 cm³/mol. The standard InChI is InChI=1S/C18H26N2O4/c1-11-6-7-12(2)14(8-11)19-16(22)15-9-13(21)10-20(15)17(23)24-18(3,4)5/h6-8,13,15,21H,9-10H2,1-5H3,(H,19,22)/t13-,15-/m0/s1. The van der Waals surface area contributed by atoms with E-state index in [4.69, 9.17) is 4.74 Å². The number of aliphatic hydroxyl groups is 1. The van der Waals surface area contributed by atoms with Crippen molar-refractivity contribution in [2.75, 3.05) is 11.9 Å². The quantitative estimate of drug-likeness (QED) is 0.871. The molecule has 0 aliphatic carbocycles. The number of aliphatic hydroxyl groups excluding tert-OH is 1. The minimum absolute atomic E-state index is 0.0970. The summed E-state index contributed by atoms with van der Waals surface area (Å²) in [6, 6.07) is 5.04. The molecule has 1 saturated heterocycles. The molecule has 6 heteroatoms. The lowest BCUT2D eigenvalue weighted by Crippen LogP contribution is -2.45. The fourth-order valence-electron chi connectivity index (χ4n) is 2.67. The topological polar surface area (TPSA) is 78.9 Å². The van der Waals surface area contributed by atoms with Gasteiger partial charge in [-0.05, 0) is 51.8 Å². The van der Waals surface area contributed by atoms with E-state index in [9.17, 15) is 14.7 Å². The van der Waals surface area contributed by atoms with Crippen LogP contribution in [0, 0.1) is 13.8 Å². The minimum Gasteiger partial charge on any atom is -0.444 e. The van der Waals surface area contributed by atoms with Crippen molar-refractivity contribution >= 4 is 17.7 Å². The lowest BCUT2D eigenvalue weighted by atomic mass is 10.1. The van der Waals surface area contributed by atoms with Crippen LogP contribution in [0.15, 0.2) is 18.2 Å². The van der Waals surface area contributed by atoms with Crippen molar-refractivity contribution < 1.29 is 19.4 Å². The maximum Gasteiger partial charge on any atom is 0.411 e. The van der Waals surface area contributed by atoms with Crippen LogP contribution in [0.2, 0.25) is 0 Å². The second-order valence-electron chi connectivity index (χ2n) is 7.35. The Labute approximate surface area is 142 Å². The van der Waals surface area contributed by atoms with Gasteiger partial charge in [0.1, 0.15) is 11.6 Å². The Hall–Kier alpha value is -2.08. The second-order valence-corrected chi connectivity index (χ2v) is 7.35. The van der Waals surface area contributed by atoms with Gasteiger partial charge in [0.25, 0.3) is 0 Å². The van der Waals surface area contributed by atoms with Gasteiger partial charge in [0.2, 0.25) is 5.91 Å². The number of hydrogen-bond donors (Lipinski definition) is 2. The van der Waals surface area contributed by atoms with E-state index in [0.717, 1.165) is 11.1 Å². The molecule has 1 aromatic carbocycles. The molecule has 2 rings (SSSR count). The highest BCUT2D eigenvalue weighted by Crippen LogP contribution is 2.24. The number of nitrogens with one attached hydrogen (secondary N) is 1. The Bertz CT molecular complexity index is 636. The molecule has 1 heterocycles. The lowest BCUT2D eigenvalue weighted by Gasteiger charge is -2.28. The molecule has 0 spiro atoms. The molecule has 0 unspecified atom stereocenters. The number of anilines is 1. The van der Waals surface area contributed by atoms with Crippen LogP contribution in [0.25, 0.3) is 0 Å². The fraction of sp³-hybridized carbons (Fsp3) is 0.556. The average molecular weight is 334 g/mol. The van der Waals surface area contributed by atoms with Crippen molar-refractivity contribution in [3.8, 4) is 0 Å². The van der Waals surface area contributed by atoms with Gasteiger partial charge in [-0.3, -0.25) is 9.69 Å². The molecule has 1 fully saturated rings. The van der Waals surface area contributed by atoms with E-state index < -0.39 is 23.8 Å². The summed E-state index contributed by atoms with van der Waals surface area (Å²) in [4.78, 5) is 26.2. The first-order chi connectivity index (χ1) is 11.1. The molecule has 24 heavy (non-hydrogen) atoms. The summed E-state index contributed by atoms with van der Waals surface area (Å²) in [7, 11) is 0. The van der Waals surface area contributed by atoms with Gasteiger partial charge in [-0.25, -0.2) is 4.79 Å². The highest BCUT2D eigenvalue weighted by atomic mass is 16.6. The van der Waals surface area contributed by atoms with Gasteiger partial charge < -0.3 is 15.2 Å². The minimum atomic E-state index is -0.741. The van der Waals surface area contributed by atoms with Gasteiger partial charge in [-0.1, -0.05) is 12.1 Å². The number of benzene rings is 1. The number of hydrogen-bond acceptors (Lipinski definition) is 4. The van der Waals surface area contributed by atoms with Crippen molar-refractivity contribution in [3.05, 3.63) is 29.3 Å². The molecule has 1 aliphatic rings. The number of β-amino-alcohol motifs (C(OH)–C–C–N with tert-alkyl or cyclic N) is 1. The van der Waals surface area contributed by atoms with Gasteiger partial charge in [0, 0.05) is 12.1 Å². The maximum absolute atomic E-state index is 12.6. The van der Waals surface area contributed by atoms with E-state index in [1.165, 1.54) is 4.90 Å². The molecule has 0 aromatic heterocycles. The molecule has 0 bridgehead atoms. The van der Waals surface area contributed by atoms with E-state index >= 15 is 0 Å². The van der Waals surface area contributed by atoms with E-state index in [2.05, 4.69) is 5.32 Å². The number of aryl methyl sites for hydroxylation is 2. The summed E-state index contributed by atoms with van der Waals surface area (Å²) < 4.78 is 5.34. The zero-order chi connectivity index (χ0) is 18.1. The first-order valence-electron chi connectivity index (χ1n) is 8.12. The second kappa shape index (κ2) is 6.81. The van der Waals surface area contributed by atoms with Gasteiger partial charge in [0.05, 0.1) is 12.6 Å². The molecule has 0 saturated carbocycles. The SMILES string of the molecule is Cc1ccc(C)c(NC(=O)[C@@H]2C[C@H](O)CN2C(=O)OC(C)(C)C)c1. The normalized spacial score (nSPS) is 20.8. The van der Waals surface area contributed by atoms with Crippen LogP contribution in [-0.4, -0.2) is 46.3 Å². The van der Waals surface area contributed by atoms with E-state index in [0.29, 0.717) is 5.69 Å². The highest BCUT2D eigenvalue weighted by Gasteiger charge is 2.41. The Morgan fingerprint density at radius 3 is 2.58 bits per heavy atom. The summed E-state index contributed by atoms with van der Waals surface area (Å²) in [6.07, 6.45) is -1.11. The molecule has 6 nitrogen and oxygen atoms in total. The molecule has 132 valence electrons. The smallest absolute Gasteiger partial charge is 0.411 e. The third kappa shape index (κ3) is 4.47. The number of carbonyl (C=O) groups is 2. The summed E-state index contributed by atoms with van der Waals surface area (Å²) in [5, 5.41) is 12.8. The Morgan fingerprint density at radius 1 is 1.29 bits per heavy atom. The monoisotopic (exact) mass is 334 g/mol. The summed E-state index contributed by atoms with van der Waals surface area (Å²) in [5.41, 5.74) is 2.03. The Kier molecular flexibility index (Phi) is 5.18. The van der Waals surface area contributed by atoms with Gasteiger partial charge in [-0.2, -0.15) is 0 Å². The number of rotatable bonds is 2. The molecule has 0 radical (unpaired) electrons. The molecule has 2 atom stereocenters. The van der Waals surface area contributed by atoms with Crippen molar-refractivity contribution in [2.45, 2.75) is 58.8 Å². The molecule has 2 amide bonds. The van der Waals surface area contributed by atoms with Crippen molar-refractivity contribution in [1.82, 2.24) is 4.90 Å². The predicted octanol–water partition coefficient (Wildman–Crippen LogP) is 2.61. The lowest BCUT2D eigenvalue weighted by molar-refractivity contribution is -0.120. The van der Waals surface area contributed by atoms with Crippen LogP contribution in [-0.2, 0) is 9.53 Å². The van der Waals surface area contributed by atoms with Crippen molar-refractivity contribution in [1.29, 1.82) is 0 Å². The fourth-order valence-corrected chi connectivity index (χ4v) is 2.67. The van der Waals surface area contributed by atoms with Crippen molar-refractivity contribution in [2.24, 2.45) is 0 Å². The first-order valence-corrected chi connectivity index (χ1v) is 8.12. The van der Waals surface area contributed by atoms with Gasteiger partial charge in [-0.15, -0.1) is 0 Å². The maximum atomic E-state index is 12.6. The molecule has 2 N–H and O–H groups in total. The third-order valence-electron chi connectivity index (χ3n) is 3.86. The third-order valence-corrected chi connectivity index (χ3v) is 3.86. The number of carbonyl (C=O) groups excluding carboxylic acids is 2. The van der Waals surface area contributed by atoms with Crippen LogP contribution in [0.3, 0.4) is 0 Å². The van der Waals surface area contributed by atoms with Crippen LogP contribution >= 0.6 is 0 Å². The Morgan fingerprint density at radius 2 is 1.96 bits per heavy atom. The van der Waals surface area contributed by atoms with Gasteiger partial charge >= 0.3 is 6.09 Å². The molecule has 1 aromatic rings. The number of nitrogens with zero attached hydrogens (tertiary/aromatic N) is 1. The zero-order valence-corrected chi connectivity index (χ0v) is 14.9. The number of likely N-dealkylation sites (tertiary alicyclic amines) is 1. The van der Waals surface area contributed by atoms with Crippen molar-refractivity contribution in [3.63, 3.8) is 0 Å². The van der Waals surface area contributed by atoms with E-state index in [1.54, 1.807) is 20.8 Å². The highest BCUT2D eigenvalue weighted by molar-refractivity contribution is 5.97. The van der Waals surface area contributed by atoms with Crippen LogP contribution in [0.4, 0.5) is 10.5 Å². The molecular weight excluding hydrogens is 308 g/mol. The van der Waals surface area contributed by atoms with Gasteiger partial charge in [0.15, 0.2) is 0 Å². The largest absolute Gasteiger partial charge is 0.444 e. The summed E-state index contributed by atoms with van der Waals surface area (Å²) in [6.45, 7) is 9.25. The van der Waals surface area contributed by atoms with E-state index in [-0.39, 0.29) is 18.9 Å². The number of amides is 2. The molecule has 1 aliphatic heterocycles. The zero-order valence-electron chi connectivity index (χ0n) is 14.9. The van der Waals surface area contributed by atoms with Crippen LogP contribution < -0.4 is 5.32 Å². The number of ether oxygens (including phenoxy) is 1.